The van der Waals surface area contributed by atoms with Crippen molar-refractivity contribution in [1.82, 2.24) is 0 Å². The lowest BCUT2D eigenvalue weighted by Gasteiger charge is -2.50. The maximum absolute atomic E-state index is 9.19. The third-order valence-electron chi connectivity index (χ3n) is 16.5. The summed E-state index contributed by atoms with van der Waals surface area (Å²) in [5.74, 6) is 9.75. The van der Waals surface area contributed by atoms with Gasteiger partial charge in [-0.1, -0.05) is 202 Å². The summed E-state index contributed by atoms with van der Waals surface area (Å²) in [7, 11) is -4.49. The van der Waals surface area contributed by atoms with Gasteiger partial charge in [0.2, 0.25) is 0 Å². The summed E-state index contributed by atoms with van der Waals surface area (Å²) in [5, 5.41) is 0. The van der Waals surface area contributed by atoms with E-state index in [1.165, 1.54) is 152 Å². The smallest absolute Gasteiger partial charge is 0.180 e. The highest BCUT2D eigenvalue weighted by molar-refractivity contribution is 6.87. The highest BCUT2D eigenvalue weighted by atomic mass is 28.4. The van der Waals surface area contributed by atoms with Gasteiger partial charge < -0.3 is 4.12 Å². The van der Waals surface area contributed by atoms with Gasteiger partial charge in [0, 0.05) is 0 Å². The van der Waals surface area contributed by atoms with Crippen LogP contribution in [-0.4, -0.2) is 16.6 Å². The summed E-state index contributed by atoms with van der Waals surface area (Å²) in [5.41, 5.74) is 0. The van der Waals surface area contributed by atoms with Gasteiger partial charge in [-0.05, 0) is 146 Å². The Kier molecular flexibility index (Phi) is 32.3. The molecule has 1 nitrogen and oxygen atoms in total. The lowest BCUT2D eigenvalue weighted by molar-refractivity contribution is 0.315. The van der Waals surface area contributed by atoms with E-state index >= 15 is 0 Å². The molecular weight excluding hydrogens is 721 g/mol. The zero-order valence-electron chi connectivity index (χ0n) is 43.3. The van der Waals surface area contributed by atoms with Crippen LogP contribution in [0.1, 0.15) is 240 Å². The molecule has 344 valence electrons. The maximum atomic E-state index is 9.19. The van der Waals surface area contributed by atoms with Crippen molar-refractivity contribution in [2.24, 2.45) is 71.0 Å². The van der Waals surface area contributed by atoms with Crippen LogP contribution in [0.4, 0.5) is 0 Å². The maximum Gasteiger partial charge on any atom is 0.180 e. The molecule has 0 aromatic carbocycles. The van der Waals surface area contributed by atoms with E-state index in [1.807, 2.05) is 0 Å². The molecule has 0 heterocycles. The van der Waals surface area contributed by atoms with Crippen molar-refractivity contribution in [3.05, 3.63) is 0 Å². The Morgan fingerprint density at radius 2 is 0.386 bits per heavy atom. The SMILES string of the molecule is CCC(C)CC(CC)C[Si](CC(CC)CC(C)CC)(CC(CC)CC(C)CC)O[Si](CC(CC)CC(C)CC)(CC(CC)CC(C)CC)CC(CC)CC(C)CC. The van der Waals surface area contributed by atoms with E-state index in [1.54, 1.807) is 0 Å². The van der Waals surface area contributed by atoms with Gasteiger partial charge in [-0.25, -0.2) is 0 Å². The Balaban J connectivity index is 8.38. The minimum absolute atomic E-state index is 0.812. The molecule has 0 aromatic rings. The average Bonchev–Trinajstić information content (AvgIpc) is 3.21. The fourth-order valence-corrected chi connectivity index (χ4v) is 26.9. The molecule has 0 saturated heterocycles. The van der Waals surface area contributed by atoms with Gasteiger partial charge in [-0.2, -0.15) is 0 Å². The van der Waals surface area contributed by atoms with Crippen LogP contribution in [0.5, 0.6) is 0 Å². The van der Waals surface area contributed by atoms with Crippen molar-refractivity contribution in [3.8, 4) is 0 Å². The van der Waals surface area contributed by atoms with Gasteiger partial charge in [0.15, 0.2) is 16.6 Å². The van der Waals surface area contributed by atoms with Crippen molar-refractivity contribution in [3.63, 3.8) is 0 Å². The first-order chi connectivity index (χ1) is 27.0. The van der Waals surface area contributed by atoms with Crippen LogP contribution in [0, 0.1) is 71.0 Å². The molecule has 0 radical (unpaired) electrons. The molecule has 0 rings (SSSR count). The predicted molar refractivity (Wildman–Crippen MR) is 269 cm³/mol. The third-order valence-corrected chi connectivity index (χ3v) is 27.8. The third kappa shape index (κ3) is 23.4. The van der Waals surface area contributed by atoms with E-state index < -0.39 is 16.6 Å². The zero-order chi connectivity index (χ0) is 43.6. The fraction of sp³-hybridized carbons (Fsp3) is 1.00. The van der Waals surface area contributed by atoms with E-state index in [0.29, 0.717) is 0 Å². The Bertz CT molecular complexity index is 737. The van der Waals surface area contributed by atoms with Crippen LogP contribution in [0.3, 0.4) is 0 Å². The van der Waals surface area contributed by atoms with Crippen molar-refractivity contribution < 1.29 is 4.12 Å². The summed E-state index contributed by atoms with van der Waals surface area (Å²) >= 11 is 0. The topological polar surface area (TPSA) is 9.23 Å². The number of hydrogen-bond donors (Lipinski definition) is 0. The summed E-state index contributed by atoms with van der Waals surface area (Å²) in [6.45, 7) is 45.4. The quantitative estimate of drug-likeness (QED) is 0.0563. The standard InChI is InChI=1S/C54H114OSi2/c1-19-43(13)31-49(25-7)37-56(38-50(26-8)32-44(14)20-2,39-51(27-9)33-45(15)21-3)55-57(40-52(28-10)34-46(16)22-4,41-53(29-11)35-47(17)23-5)42-54(30-12)36-48(18)24-6/h43-54H,19-42H2,1-18H3. The molecule has 0 bridgehead atoms. The van der Waals surface area contributed by atoms with Crippen LogP contribution >= 0.6 is 0 Å². The first-order valence-corrected chi connectivity index (χ1v) is 31.8. The molecule has 57 heavy (non-hydrogen) atoms. The molecule has 0 N–H and O–H groups in total. The van der Waals surface area contributed by atoms with Gasteiger partial charge in [-0.3, -0.25) is 0 Å². The van der Waals surface area contributed by atoms with Crippen LogP contribution in [-0.2, 0) is 4.12 Å². The number of hydrogen-bond acceptors (Lipinski definition) is 1. The minimum atomic E-state index is -2.24. The molecule has 0 aliphatic heterocycles. The van der Waals surface area contributed by atoms with E-state index in [9.17, 15) is 4.12 Å². The normalized spacial score (nSPS) is 20.9. The molecule has 0 fully saturated rings. The Hall–Kier alpha value is 0.394. The van der Waals surface area contributed by atoms with Crippen LogP contribution in [0.15, 0.2) is 0 Å². The molecule has 12 unspecified atom stereocenters. The Morgan fingerprint density at radius 1 is 0.246 bits per heavy atom. The van der Waals surface area contributed by atoms with Crippen molar-refractivity contribution >= 4 is 16.6 Å². The molecule has 3 heteroatoms. The van der Waals surface area contributed by atoms with Gasteiger partial charge >= 0.3 is 0 Å². The lowest BCUT2D eigenvalue weighted by atomic mass is 9.93. The summed E-state index contributed by atoms with van der Waals surface area (Å²) in [6, 6.07) is 8.68. The monoisotopic (exact) mass is 835 g/mol. The van der Waals surface area contributed by atoms with E-state index in [-0.39, 0.29) is 0 Å². The molecule has 0 spiro atoms. The second-order valence-corrected chi connectivity index (χ2v) is 29.8. The summed E-state index contributed by atoms with van der Waals surface area (Å²) < 4.78 is 9.19. The molecule has 0 aliphatic rings. The fourth-order valence-electron chi connectivity index (χ4n) is 11.1. The first kappa shape index (κ1) is 57.4. The molecular formula is C54H114OSi2. The Labute approximate surface area is 366 Å². The van der Waals surface area contributed by atoms with E-state index in [2.05, 4.69) is 125 Å². The highest BCUT2D eigenvalue weighted by Gasteiger charge is 2.50. The summed E-state index contributed by atoms with van der Waals surface area (Å²) in [4.78, 5) is 0. The molecule has 12 atom stereocenters. The van der Waals surface area contributed by atoms with E-state index in [0.717, 1.165) is 71.0 Å². The minimum Gasteiger partial charge on any atom is -0.455 e. The second kappa shape index (κ2) is 32.1. The van der Waals surface area contributed by atoms with Crippen molar-refractivity contribution in [2.45, 2.75) is 276 Å². The second-order valence-electron chi connectivity index (χ2n) is 21.8. The summed E-state index contributed by atoms with van der Waals surface area (Å²) in [6.07, 6.45) is 24.4. The van der Waals surface area contributed by atoms with E-state index in [4.69, 9.17) is 0 Å². The predicted octanol–water partition coefficient (Wildman–Crippen LogP) is 19.7. The van der Waals surface area contributed by atoms with Crippen LogP contribution in [0.25, 0.3) is 0 Å². The van der Waals surface area contributed by atoms with Gasteiger partial charge in [0.1, 0.15) is 0 Å². The van der Waals surface area contributed by atoms with Gasteiger partial charge in [0.05, 0.1) is 0 Å². The molecule has 0 aromatic heterocycles. The number of rotatable bonds is 38. The lowest BCUT2D eigenvalue weighted by Crippen LogP contribution is -2.56. The zero-order valence-corrected chi connectivity index (χ0v) is 45.3. The van der Waals surface area contributed by atoms with Gasteiger partial charge in [0.25, 0.3) is 0 Å². The van der Waals surface area contributed by atoms with Crippen molar-refractivity contribution in [1.29, 1.82) is 0 Å². The Morgan fingerprint density at radius 3 is 0.491 bits per heavy atom. The highest BCUT2D eigenvalue weighted by Crippen LogP contribution is 2.48. The van der Waals surface area contributed by atoms with Gasteiger partial charge in [-0.15, -0.1) is 0 Å². The average molecular weight is 836 g/mol. The first-order valence-electron chi connectivity index (χ1n) is 26.7. The molecule has 0 saturated carbocycles. The largest absolute Gasteiger partial charge is 0.455 e. The van der Waals surface area contributed by atoms with Crippen LogP contribution < -0.4 is 0 Å². The van der Waals surface area contributed by atoms with Crippen LogP contribution in [0.2, 0.25) is 36.3 Å². The molecule has 0 amide bonds. The van der Waals surface area contributed by atoms with Crippen molar-refractivity contribution in [2.75, 3.05) is 0 Å². The molecule has 0 aliphatic carbocycles.